The van der Waals surface area contributed by atoms with Crippen molar-refractivity contribution in [3.63, 3.8) is 0 Å². The molecule has 42 heavy (non-hydrogen) atoms. The third-order valence-electron chi connectivity index (χ3n) is 9.51. The van der Waals surface area contributed by atoms with E-state index in [2.05, 4.69) is 146 Å². The molecule has 0 heterocycles. The van der Waals surface area contributed by atoms with E-state index in [1.54, 1.807) is 0 Å². The highest BCUT2D eigenvalue weighted by Crippen LogP contribution is 2.54. The van der Waals surface area contributed by atoms with Gasteiger partial charge in [0.05, 0.1) is 0 Å². The van der Waals surface area contributed by atoms with Crippen LogP contribution in [-0.4, -0.2) is 0 Å². The topological polar surface area (TPSA) is 0 Å². The molecule has 10 aromatic rings. The quantitative estimate of drug-likeness (QED) is 0.196. The van der Waals surface area contributed by atoms with Crippen molar-refractivity contribution in [3.05, 3.63) is 146 Å². The zero-order chi connectivity index (χ0) is 27.4. The largest absolute Gasteiger partial charge is 0.0622 e. The van der Waals surface area contributed by atoms with Crippen LogP contribution < -0.4 is 0 Å². The monoisotopic (exact) mass is 528 g/mol. The van der Waals surface area contributed by atoms with Crippen LogP contribution in [0.2, 0.25) is 0 Å². The Morgan fingerprint density at radius 1 is 0.238 bits per heavy atom. The van der Waals surface area contributed by atoms with Crippen molar-refractivity contribution in [2.45, 2.75) is 0 Å². The Hall–Kier alpha value is -5.46. The minimum atomic E-state index is 1.26. The molecule has 0 aliphatic carbocycles. The maximum absolute atomic E-state index is 2.51. The fourth-order valence-electron chi connectivity index (χ4n) is 7.94. The number of fused-ring (bicyclic) bond motifs is 8. The van der Waals surface area contributed by atoms with Gasteiger partial charge in [-0.15, -0.1) is 0 Å². The van der Waals surface area contributed by atoms with Gasteiger partial charge in [-0.2, -0.15) is 0 Å². The molecule has 0 aromatic heterocycles. The van der Waals surface area contributed by atoms with Crippen molar-refractivity contribution in [2.75, 3.05) is 0 Å². The van der Waals surface area contributed by atoms with E-state index in [0.29, 0.717) is 0 Å². The molecule has 0 saturated carbocycles. The molecule has 0 fully saturated rings. The summed E-state index contributed by atoms with van der Waals surface area (Å²) in [4.78, 5) is 0. The molecule has 0 unspecified atom stereocenters. The fourth-order valence-corrected chi connectivity index (χ4v) is 7.94. The second kappa shape index (κ2) is 8.06. The summed E-state index contributed by atoms with van der Waals surface area (Å²) in [6.45, 7) is 0. The first-order chi connectivity index (χ1) is 20.9. The fraction of sp³-hybridized carbons (Fsp3) is 0. The predicted octanol–water partition coefficient (Wildman–Crippen LogP) is 12.0. The summed E-state index contributed by atoms with van der Waals surface area (Å²) < 4.78 is 0. The van der Waals surface area contributed by atoms with Gasteiger partial charge in [0.25, 0.3) is 0 Å². The van der Waals surface area contributed by atoms with E-state index in [1.807, 2.05) is 0 Å². The van der Waals surface area contributed by atoms with Crippen LogP contribution in [0.1, 0.15) is 0 Å². The molecule has 0 aliphatic rings. The van der Waals surface area contributed by atoms with Gasteiger partial charge in [-0.25, -0.2) is 0 Å². The molecular formula is C42H24. The van der Waals surface area contributed by atoms with Gasteiger partial charge >= 0.3 is 0 Å². The number of hydrogen-bond donors (Lipinski definition) is 0. The van der Waals surface area contributed by atoms with Gasteiger partial charge in [-0.05, 0) is 104 Å². The van der Waals surface area contributed by atoms with E-state index in [0.717, 1.165) is 0 Å². The second-order valence-corrected chi connectivity index (χ2v) is 11.6. The molecule has 10 rings (SSSR count). The summed E-state index contributed by atoms with van der Waals surface area (Å²) in [5.41, 5.74) is 5.19. The summed E-state index contributed by atoms with van der Waals surface area (Å²) in [5.74, 6) is 0. The van der Waals surface area contributed by atoms with Crippen LogP contribution in [0.5, 0.6) is 0 Å². The molecule has 0 N–H and O–H groups in total. The SMILES string of the molecule is c1ccc(-c2c3cc4c5ccccc5c5cccc(c3c(-c3ccccc3)c3c6cccc7cccc(c23)c76)c54)cc1. The van der Waals surface area contributed by atoms with E-state index < -0.39 is 0 Å². The Kier molecular flexibility index (Phi) is 4.27. The number of benzene rings is 8. The van der Waals surface area contributed by atoms with Gasteiger partial charge < -0.3 is 0 Å². The van der Waals surface area contributed by atoms with Crippen LogP contribution in [0, 0.1) is 0 Å². The van der Waals surface area contributed by atoms with Crippen molar-refractivity contribution in [2.24, 2.45) is 0 Å². The summed E-state index contributed by atoms with van der Waals surface area (Å²) in [5, 5.41) is 18.8. The molecule has 10 aromatic carbocycles. The standard InChI is InChI=1S/C42H24/c1-3-12-26(13-4-1)37-35-24-34-29-19-8-7-18-28(29)30-20-11-23-33(39(30)34)40(35)38(27-14-5-2-6-15-27)42-32-22-10-17-25-16-9-21-31(36(25)32)41(37)42/h1-24H. The third-order valence-corrected chi connectivity index (χ3v) is 9.51. The normalized spacial score (nSPS) is 12.3. The van der Waals surface area contributed by atoms with Crippen molar-refractivity contribution in [3.8, 4) is 22.3 Å². The Morgan fingerprint density at radius 2 is 0.714 bits per heavy atom. The van der Waals surface area contributed by atoms with Gasteiger partial charge in [-0.1, -0.05) is 140 Å². The Morgan fingerprint density at radius 3 is 1.38 bits per heavy atom. The molecule has 0 atom stereocenters. The maximum atomic E-state index is 2.51. The van der Waals surface area contributed by atoms with E-state index in [-0.39, 0.29) is 0 Å². The summed E-state index contributed by atoms with van der Waals surface area (Å²) in [6, 6.07) is 54.1. The Balaban J connectivity index is 1.62. The van der Waals surface area contributed by atoms with E-state index >= 15 is 0 Å². The van der Waals surface area contributed by atoms with E-state index in [9.17, 15) is 0 Å². The molecule has 0 heteroatoms. The van der Waals surface area contributed by atoms with Crippen molar-refractivity contribution in [1.82, 2.24) is 0 Å². The maximum Gasteiger partial charge on any atom is -0.000719 e. The highest BCUT2D eigenvalue weighted by molar-refractivity contribution is 6.44. The average Bonchev–Trinajstić information content (AvgIpc) is 3.56. The summed E-state index contributed by atoms with van der Waals surface area (Å²) >= 11 is 0. The molecule has 192 valence electrons. The van der Waals surface area contributed by atoms with E-state index in [1.165, 1.54) is 97.7 Å². The first kappa shape index (κ1) is 22.3. The number of rotatable bonds is 2. The molecule has 0 amide bonds. The van der Waals surface area contributed by atoms with Crippen LogP contribution in [0.3, 0.4) is 0 Å². The average molecular weight is 529 g/mol. The third kappa shape index (κ3) is 2.72. The smallest absolute Gasteiger partial charge is 0.000719 e. The Labute approximate surface area is 242 Å². The zero-order valence-electron chi connectivity index (χ0n) is 22.9. The lowest BCUT2D eigenvalue weighted by Crippen LogP contribution is -1.91. The molecular weight excluding hydrogens is 504 g/mol. The molecule has 0 aliphatic heterocycles. The molecule has 0 spiro atoms. The van der Waals surface area contributed by atoms with Crippen LogP contribution in [0.15, 0.2) is 146 Å². The van der Waals surface area contributed by atoms with Gasteiger partial charge in [0.15, 0.2) is 0 Å². The lowest BCUT2D eigenvalue weighted by Gasteiger charge is -2.19. The molecule has 0 bridgehead atoms. The van der Waals surface area contributed by atoms with Crippen molar-refractivity contribution in [1.29, 1.82) is 0 Å². The second-order valence-electron chi connectivity index (χ2n) is 11.6. The number of hydrogen-bond acceptors (Lipinski definition) is 0. The summed E-state index contributed by atoms with van der Waals surface area (Å²) in [6.07, 6.45) is 0. The summed E-state index contributed by atoms with van der Waals surface area (Å²) in [7, 11) is 0. The van der Waals surface area contributed by atoms with Crippen molar-refractivity contribution >= 4 is 75.4 Å². The van der Waals surface area contributed by atoms with Gasteiger partial charge in [0.2, 0.25) is 0 Å². The first-order valence-corrected chi connectivity index (χ1v) is 14.7. The lowest BCUT2D eigenvalue weighted by atomic mass is 9.84. The van der Waals surface area contributed by atoms with Crippen molar-refractivity contribution < 1.29 is 0 Å². The highest BCUT2D eigenvalue weighted by atomic mass is 14.3. The van der Waals surface area contributed by atoms with Gasteiger partial charge in [0, 0.05) is 0 Å². The predicted molar refractivity (Wildman–Crippen MR) is 182 cm³/mol. The van der Waals surface area contributed by atoms with Gasteiger partial charge in [-0.3, -0.25) is 0 Å². The molecule has 0 nitrogen and oxygen atoms in total. The van der Waals surface area contributed by atoms with Crippen LogP contribution in [0.25, 0.3) is 97.7 Å². The first-order valence-electron chi connectivity index (χ1n) is 14.7. The Bertz CT molecular complexity index is 2640. The zero-order valence-corrected chi connectivity index (χ0v) is 22.9. The molecule has 0 radical (unpaired) electrons. The van der Waals surface area contributed by atoms with Crippen LogP contribution in [0.4, 0.5) is 0 Å². The molecule has 0 saturated heterocycles. The van der Waals surface area contributed by atoms with E-state index in [4.69, 9.17) is 0 Å². The van der Waals surface area contributed by atoms with Crippen LogP contribution >= 0.6 is 0 Å². The lowest BCUT2D eigenvalue weighted by molar-refractivity contribution is 1.68. The minimum absolute atomic E-state index is 1.26. The van der Waals surface area contributed by atoms with Crippen LogP contribution in [-0.2, 0) is 0 Å². The highest BCUT2D eigenvalue weighted by Gasteiger charge is 2.25. The minimum Gasteiger partial charge on any atom is -0.0622 e. The van der Waals surface area contributed by atoms with Gasteiger partial charge in [0.1, 0.15) is 0 Å².